The molecule has 0 saturated carbocycles. The Bertz CT molecular complexity index is 1100. The third-order valence-electron chi connectivity index (χ3n) is 6.90. The van der Waals surface area contributed by atoms with Gasteiger partial charge in [-0.1, -0.05) is 35.9 Å². The Balaban J connectivity index is 1.46. The second kappa shape index (κ2) is 11.0. The number of aromatic carboxylic acids is 1. The van der Waals surface area contributed by atoms with E-state index in [-0.39, 0.29) is 23.3 Å². The molecule has 2 aliphatic heterocycles. The lowest BCUT2D eigenvalue weighted by Gasteiger charge is -2.32. The second-order valence-corrected chi connectivity index (χ2v) is 9.54. The zero-order chi connectivity index (χ0) is 24.1. The first-order valence-electron chi connectivity index (χ1n) is 11.9. The molecule has 1 fully saturated rings. The molecule has 6 heteroatoms. The Morgan fingerprint density at radius 3 is 2.59 bits per heavy atom. The number of aliphatic imine (C=N–C) groups is 1. The second-order valence-electron chi connectivity index (χ2n) is 9.10. The summed E-state index contributed by atoms with van der Waals surface area (Å²) < 4.78 is 0. The number of carboxylic acid groups (broad SMARTS) is 1. The van der Waals surface area contributed by atoms with Gasteiger partial charge in [-0.3, -0.25) is 4.99 Å². The van der Waals surface area contributed by atoms with Gasteiger partial charge in [-0.05, 0) is 92.7 Å². The molecule has 0 aliphatic carbocycles. The minimum absolute atomic E-state index is 0.0132. The summed E-state index contributed by atoms with van der Waals surface area (Å²) >= 11 is 6.03. The molecule has 2 heterocycles. The van der Waals surface area contributed by atoms with E-state index in [1.165, 1.54) is 17.7 Å². The number of carboxylic acids is 1. The number of phenolic OH excluding ortho intramolecular Hbond substituents is 1. The van der Waals surface area contributed by atoms with Crippen LogP contribution in [0, 0.1) is 5.92 Å². The summed E-state index contributed by atoms with van der Waals surface area (Å²) in [4.78, 5) is 18.5. The fourth-order valence-corrected chi connectivity index (χ4v) is 5.05. The van der Waals surface area contributed by atoms with Gasteiger partial charge in [0.2, 0.25) is 0 Å². The summed E-state index contributed by atoms with van der Waals surface area (Å²) in [7, 11) is 0. The first-order chi connectivity index (χ1) is 16.4. The predicted octanol–water partition coefficient (Wildman–Crippen LogP) is 6.04. The molecule has 2 aromatic rings. The lowest BCUT2D eigenvalue weighted by molar-refractivity contribution is 0.0697. The van der Waals surface area contributed by atoms with E-state index in [0.29, 0.717) is 11.5 Å². The lowest BCUT2D eigenvalue weighted by atomic mass is 9.84. The smallest absolute Gasteiger partial charge is 0.335 e. The molecule has 2 aromatic carbocycles. The SMILES string of the molecule is CC1N=CC=CC1/C(=C\CCN1CCC(c2ccc(Cl)cc2)CC1)c1cc(C(=O)O)ccc1O. The van der Waals surface area contributed by atoms with Crippen LogP contribution in [-0.4, -0.2) is 53.0 Å². The number of nitrogens with zero attached hydrogens (tertiary/aromatic N) is 2. The predicted molar refractivity (Wildman–Crippen MR) is 138 cm³/mol. The average Bonchev–Trinajstić information content (AvgIpc) is 2.84. The average molecular weight is 479 g/mol. The Labute approximate surface area is 206 Å². The van der Waals surface area contributed by atoms with Crippen LogP contribution < -0.4 is 0 Å². The van der Waals surface area contributed by atoms with Crippen LogP contribution in [0.5, 0.6) is 5.75 Å². The van der Waals surface area contributed by atoms with E-state index in [0.717, 1.165) is 49.5 Å². The van der Waals surface area contributed by atoms with Gasteiger partial charge in [-0.15, -0.1) is 0 Å². The van der Waals surface area contributed by atoms with Crippen LogP contribution >= 0.6 is 11.6 Å². The topological polar surface area (TPSA) is 73.1 Å². The van der Waals surface area contributed by atoms with E-state index in [2.05, 4.69) is 34.2 Å². The molecule has 0 aromatic heterocycles. The number of carbonyl (C=O) groups is 1. The van der Waals surface area contributed by atoms with Crippen LogP contribution in [-0.2, 0) is 0 Å². The summed E-state index contributed by atoms with van der Waals surface area (Å²) in [5.41, 5.74) is 3.02. The van der Waals surface area contributed by atoms with Gasteiger partial charge in [-0.25, -0.2) is 4.79 Å². The highest BCUT2D eigenvalue weighted by atomic mass is 35.5. The summed E-state index contributed by atoms with van der Waals surface area (Å²) in [5, 5.41) is 20.8. The Morgan fingerprint density at radius 1 is 1.18 bits per heavy atom. The highest BCUT2D eigenvalue weighted by molar-refractivity contribution is 6.30. The standard InChI is InChI=1S/C28H31ClN2O3/c1-19-24(4-2-14-30-19)25(26-18-22(28(33)34)8-11-27(26)32)5-3-15-31-16-12-21(13-17-31)20-6-9-23(29)10-7-20/h2,4-11,14,18-19,21,24,32H,3,12-13,15-17H2,1H3,(H,33,34)/b25-5+. The number of aromatic hydroxyl groups is 1. The molecule has 2 N–H and O–H groups in total. The fourth-order valence-electron chi connectivity index (χ4n) is 4.93. The van der Waals surface area contributed by atoms with Crippen molar-refractivity contribution in [3.63, 3.8) is 0 Å². The molecule has 34 heavy (non-hydrogen) atoms. The summed E-state index contributed by atoms with van der Waals surface area (Å²) in [6, 6.07) is 12.7. The van der Waals surface area contributed by atoms with Gasteiger partial charge >= 0.3 is 5.97 Å². The monoisotopic (exact) mass is 478 g/mol. The fraction of sp³-hybridized carbons (Fsp3) is 0.357. The number of hydrogen-bond acceptors (Lipinski definition) is 4. The van der Waals surface area contributed by atoms with Crippen LogP contribution in [0.2, 0.25) is 5.02 Å². The molecule has 2 unspecified atom stereocenters. The first-order valence-corrected chi connectivity index (χ1v) is 12.2. The zero-order valence-electron chi connectivity index (χ0n) is 19.4. The van der Waals surface area contributed by atoms with E-state index < -0.39 is 5.97 Å². The largest absolute Gasteiger partial charge is 0.507 e. The van der Waals surface area contributed by atoms with Crippen LogP contribution in [0.1, 0.15) is 53.6 Å². The maximum atomic E-state index is 11.5. The number of hydrogen-bond donors (Lipinski definition) is 2. The molecule has 0 radical (unpaired) electrons. The van der Waals surface area contributed by atoms with Crippen molar-refractivity contribution in [1.29, 1.82) is 0 Å². The van der Waals surface area contributed by atoms with Gasteiger partial charge in [0.25, 0.3) is 0 Å². The highest BCUT2D eigenvalue weighted by Crippen LogP contribution is 2.36. The van der Waals surface area contributed by atoms with E-state index in [9.17, 15) is 15.0 Å². The van der Waals surface area contributed by atoms with Crippen LogP contribution in [0.15, 0.2) is 65.7 Å². The zero-order valence-corrected chi connectivity index (χ0v) is 20.2. The van der Waals surface area contributed by atoms with Crippen molar-refractivity contribution in [1.82, 2.24) is 4.90 Å². The Morgan fingerprint density at radius 2 is 1.91 bits per heavy atom. The van der Waals surface area contributed by atoms with Crippen LogP contribution in [0.4, 0.5) is 0 Å². The molecule has 4 rings (SSSR count). The quantitative estimate of drug-likeness (QED) is 0.508. The van der Waals surface area contributed by atoms with Crippen molar-refractivity contribution in [3.05, 3.63) is 82.4 Å². The van der Waals surface area contributed by atoms with E-state index >= 15 is 0 Å². The molecule has 0 amide bonds. The molecule has 178 valence electrons. The molecule has 5 nitrogen and oxygen atoms in total. The van der Waals surface area contributed by atoms with Crippen molar-refractivity contribution in [2.24, 2.45) is 10.9 Å². The third-order valence-corrected chi connectivity index (χ3v) is 7.15. The van der Waals surface area contributed by atoms with Gasteiger partial charge in [0.15, 0.2) is 0 Å². The maximum absolute atomic E-state index is 11.5. The molecule has 0 spiro atoms. The van der Waals surface area contributed by atoms with Gasteiger partial charge in [0, 0.05) is 29.3 Å². The molecule has 2 atom stereocenters. The van der Waals surface area contributed by atoms with Gasteiger partial charge in [-0.2, -0.15) is 0 Å². The van der Waals surface area contributed by atoms with E-state index in [4.69, 9.17) is 11.6 Å². The molecule has 0 bridgehead atoms. The molecular weight excluding hydrogens is 448 g/mol. The molecule has 1 saturated heterocycles. The molecular formula is C28H31ClN2O3. The number of rotatable bonds is 7. The van der Waals surface area contributed by atoms with E-state index in [1.54, 1.807) is 12.3 Å². The van der Waals surface area contributed by atoms with Crippen molar-refractivity contribution in [2.75, 3.05) is 19.6 Å². The molecule has 2 aliphatic rings. The van der Waals surface area contributed by atoms with Crippen LogP contribution in [0.25, 0.3) is 5.57 Å². The van der Waals surface area contributed by atoms with Gasteiger partial charge in [0.05, 0.1) is 11.6 Å². The van der Waals surface area contributed by atoms with Crippen molar-refractivity contribution < 1.29 is 15.0 Å². The number of allylic oxidation sites excluding steroid dienone is 1. The summed E-state index contributed by atoms with van der Waals surface area (Å²) in [6.07, 6.45) is 11.0. The number of piperidine rings is 1. The normalized spacial score (nSPS) is 21.6. The third kappa shape index (κ3) is 5.78. The highest BCUT2D eigenvalue weighted by Gasteiger charge is 2.24. The number of dihydropyridines is 1. The Kier molecular flexibility index (Phi) is 7.86. The minimum atomic E-state index is -1.01. The van der Waals surface area contributed by atoms with Crippen molar-refractivity contribution >= 4 is 29.4 Å². The number of halogens is 1. The number of phenols is 1. The summed E-state index contributed by atoms with van der Waals surface area (Å²) in [5.74, 6) is -0.360. The van der Waals surface area contributed by atoms with Crippen molar-refractivity contribution in [3.8, 4) is 5.75 Å². The Hall–Kier alpha value is -2.89. The lowest BCUT2D eigenvalue weighted by Crippen LogP contribution is -2.33. The minimum Gasteiger partial charge on any atom is -0.507 e. The maximum Gasteiger partial charge on any atom is 0.335 e. The van der Waals surface area contributed by atoms with Crippen molar-refractivity contribution in [2.45, 2.75) is 38.1 Å². The number of likely N-dealkylation sites (tertiary alicyclic amines) is 1. The van der Waals surface area contributed by atoms with Gasteiger partial charge in [0.1, 0.15) is 5.75 Å². The van der Waals surface area contributed by atoms with Crippen LogP contribution in [0.3, 0.4) is 0 Å². The summed E-state index contributed by atoms with van der Waals surface area (Å²) in [6.45, 7) is 5.04. The number of benzene rings is 2. The van der Waals surface area contributed by atoms with Gasteiger partial charge < -0.3 is 15.1 Å². The van der Waals surface area contributed by atoms with E-state index in [1.807, 2.05) is 25.1 Å². The first kappa shape index (κ1) is 24.2.